The third-order valence-electron chi connectivity index (χ3n) is 4.75. The van der Waals surface area contributed by atoms with Crippen molar-refractivity contribution in [1.82, 2.24) is 20.2 Å². The number of thiophene rings is 1. The van der Waals surface area contributed by atoms with Gasteiger partial charge in [-0.15, -0.1) is 17.8 Å². The van der Waals surface area contributed by atoms with Crippen LogP contribution in [0.4, 0.5) is 5.82 Å². The molecule has 148 valence electrons. The summed E-state index contributed by atoms with van der Waals surface area (Å²) in [7, 11) is 0. The fourth-order valence-electron chi connectivity index (χ4n) is 3.17. The maximum absolute atomic E-state index is 12.6. The summed E-state index contributed by atoms with van der Waals surface area (Å²) in [4.78, 5) is 25.1. The molecule has 3 heterocycles. The number of carbonyl (C=O) groups excluding carboxylic acids is 1. The van der Waals surface area contributed by atoms with E-state index in [1.165, 1.54) is 11.3 Å². The first kappa shape index (κ1) is 19.3. The molecule has 7 nitrogen and oxygen atoms in total. The molecule has 0 saturated carbocycles. The van der Waals surface area contributed by atoms with E-state index in [2.05, 4.69) is 26.1 Å². The average Bonchev–Trinajstić information content (AvgIpc) is 3.19. The Bertz CT molecular complexity index is 1080. The second kappa shape index (κ2) is 8.57. The van der Waals surface area contributed by atoms with Crippen LogP contribution in [-0.4, -0.2) is 60.2 Å². The van der Waals surface area contributed by atoms with E-state index in [1.54, 1.807) is 6.07 Å². The summed E-state index contributed by atoms with van der Waals surface area (Å²) in [6.07, 6.45) is 5.47. The van der Waals surface area contributed by atoms with Gasteiger partial charge in [0.25, 0.3) is 5.91 Å². The molecular weight excluding hydrogens is 386 g/mol. The van der Waals surface area contributed by atoms with Gasteiger partial charge in [-0.2, -0.15) is 0 Å². The molecule has 2 aromatic heterocycles. The van der Waals surface area contributed by atoms with Gasteiger partial charge in [0.05, 0.1) is 23.5 Å². The summed E-state index contributed by atoms with van der Waals surface area (Å²) in [5.74, 6) is 3.32. The molecule has 0 spiro atoms. The Balaban J connectivity index is 1.50. The van der Waals surface area contributed by atoms with Gasteiger partial charge in [0.2, 0.25) is 0 Å². The van der Waals surface area contributed by atoms with Crippen molar-refractivity contribution in [2.45, 2.75) is 0 Å². The summed E-state index contributed by atoms with van der Waals surface area (Å²) in [6, 6.07) is 9.18. The first-order valence-corrected chi connectivity index (χ1v) is 10.2. The first-order chi connectivity index (χ1) is 14.1. The van der Waals surface area contributed by atoms with Crippen LogP contribution >= 0.6 is 11.3 Å². The van der Waals surface area contributed by atoms with Crippen LogP contribution in [0.2, 0.25) is 0 Å². The van der Waals surface area contributed by atoms with Crippen LogP contribution in [0.15, 0.2) is 30.3 Å². The summed E-state index contributed by atoms with van der Waals surface area (Å²) in [6.45, 7) is 4.67. The highest BCUT2D eigenvalue weighted by atomic mass is 32.1. The molecule has 3 N–H and O–H groups in total. The Labute approximate surface area is 172 Å². The number of benzene rings is 1. The lowest BCUT2D eigenvalue weighted by Crippen LogP contribution is -2.41. The Morgan fingerprint density at radius 1 is 1.31 bits per heavy atom. The number of hydrogen-bond acceptors (Lipinski definition) is 7. The molecule has 1 fully saturated rings. The number of fused-ring (bicyclic) bond motifs is 1. The van der Waals surface area contributed by atoms with Gasteiger partial charge in [0, 0.05) is 37.3 Å². The molecule has 3 aromatic rings. The molecule has 8 heteroatoms. The molecule has 1 aliphatic heterocycles. The smallest absolute Gasteiger partial charge is 0.261 e. The largest absolute Gasteiger partial charge is 0.383 e. The second-order valence-corrected chi connectivity index (χ2v) is 7.73. The molecule has 1 aromatic carbocycles. The topological polar surface area (TPSA) is 93.4 Å². The van der Waals surface area contributed by atoms with Crippen LogP contribution in [0.25, 0.3) is 21.6 Å². The van der Waals surface area contributed by atoms with Crippen LogP contribution in [0.3, 0.4) is 0 Å². The quantitative estimate of drug-likeness (QED) is 0.629. The van der Waals surface area contributed by atoms with E-state index in [4.69, 9.17) is 16.9 Å². The lowest BCUT2D eigenvalue weighted by molar-refractivity contribution is 0.0383. The monoisotopic (exact) mass is 407 g/mol. The van der Waals surface area contributed by atoms with Crippen molar-refractivity contribution in [3.8, 4) is 23.7 Å². The van der Waals surface area contributed by atoms with Crippen molar-refractivity contribution in [2.75, 3.05) is 45.1 Å². The molecule has 1 aliphatic rings. The van der Waals surface area contributed by atoms with E-state index >= 15 is 0 Å². The number of nitrogen functional groups attached to an aromatic ring is 1. The van der Waals surface area contributed by atoms with E-state index in [0.29, 0.717) is 33.3 Å². The minimum atomic E-state index is -0.128. The number of aromatic nitrogens is 2. The van der Waals surface area contributed by atoms with Gasteiger partial charge in [-0.3, -0.25) is 9.69 Å². The number of carbonyl (C=O) groups is 1. The lowest BCUT2D eigenvalue weighted by atomic mass is 10.1. The zero-order valence-electron chi connectivity index (χ0n) is 15.9. The van der Waals surface area contributed by atoms with Crippen molar-refractivity contribution in [2.24, 2.45) is 0 Å². The highest BCUT2D eigenvalue weighted by molar-refractivity contribution is 7.20. The Hall–Kier alpha value is -2.99. The number of amides is 1. The minimum Gasteiger partial charge on any atom is -0.383 e. The zero-order valence-corrected chi connectivity index (χ0v) is 16.7. The summed E-state index contributed by atoms with van der Waals surface area (Å²) in [5, 5.41) is 3.65. The standard InChI is InChI=1S/C21H21N5O2S/c1-2-14-4-3-5-15(12-14)19-24-18(22)16-13-17(29-21(16)25-19)20(27)23-6-7-26-8-10-28-11-9-26/h1,3-5,12-13H,6-11H2,(H,23,27)(H2,22,24,25). The van der Waals surface area contributed by atoms with E-state index in [1.807, 2.05) is 24.3 Å². The fourth-order valence-corrected chi connectivity index (χ4v) is 4.13. The van der Waals surface area contributed by atoms with Gasteiger partial charge < -0.3 is 15.8 Å². The molecule has 0 bridgehead atoms. The molecule has 0 unspecified atom stereocenters. The summed E-state index contributed by atoms with van der Waals surface area (Å²) in [5.41, 5.74) is 7.68. The van der Waals surface area contributed by atoms with Gasteiger partial charge in [-0.1, -0.05) is 18.1 Å². The SMILES string of the molecule is C#Cc1cccc(-c2nc(N)c3cc(C(=O)NCCN4CCOCC4)sc3n2)c1. The summed E-state index contributed by atoms with van der Waals surface area (Å²) >= 11 is 1.31. The van der Waals surface area contributed by atoms with Gasteiger partial charge in [-0.05, 0) is 18.2 Å². The molecule has 0 atom stereocenters. The van der Waals surface area contributed by atoms with Crippen molar-refractivity contribution < 1.29 is 9.53 Å². The number of nitrogens with one attached hydrogen (secondary N) is 1. The van der Waals surface area contributed by atoms with E-state index in [9.17, 15) is 4.79 Å². The number of nitrogens with zero attached hydrogens (tertiary/aromatic N) is 3. The third-order valence-corrected chi connectivity index (χ3v) is 5.78. The molecule has 4 rings (SSSR count). The fraction of sp³-hybridized carbons (Fsp3) is 0.286. The van der Waals surface area contributed by atoms with Gasteiger partial charge in [0.1, 0.15) is 10.6 Å². The molecule has 0 radical (unpaired) electrons. The van der Waals surface area contributed by atoms with Gasteiger partial charge in [-0.25, -0.2) is 9.97 Å². The predicted molar refractivity (Wildman–Crippen MR) is 115 cm³/mol. The van der Waals surface area contributed by atoms with Crippen LogP contribution in [0.5, 0.6) is 0 Å². The Morgan fingerprint density at radius 2 is 2.14 bits per heavy atom. The molecule has 1 amide bonds. The van der Waals surface area contributed by atoms with Crippen molar-refractivity contribution in [1.29, 1.82) is 0 Å². The normalized spacial score (nSPS) is 14.6. The second-order valence-electron chi connectivity index (χ2n) is 6.70. The lowest BCUT2D eigenvalue weighted by Gasteiger charge is -2.26. The first-order valence-electron chi connectivity index (χ1n) is 9.36. The van der Waals surface area contributed by atoms with Crippen LogP contribution in [0.1, 0.15) is 15.2 Å². The molecular formula is C21H21N5O2S. The van der Waals surface area contributed by atoms with E-state index in [-0.39, 0.29) is 5.91 Å². The maximum Gasteiger partial charge on any atom is 0.261 e. The maximum atomic E-state index is 12.6. The van der Waals surface area contributed by atoms with E-state index in [0.717, 1.165) is 44.0 Å². The number of ether oxygens (including phenoxy) is 1. The van der Waals surface area contributed by atoms with Crippen molar-refractivity contribution >= 4 is 33.3 Å². The highest BCUT2D eigenvalue weighted by Crippen LogP contribution is 2.30. The molecule has 29 heavy (non-hydrogen) atoms. The zero-order chi connectivity index (χ0) is 20.2. The Kier molecular flexibility index (Phi) is 5.71. The number of nitrogens with two attached hydrogens (primary N) is 1. The van der Waals surface area contributed by atoms with Gasteiger partial charge >= 0.3 is 0 Å². The number of hydrogen-bond donors (Lipinski definition) is 2. The minimum absolute atomic E-state index is 0.128. The summed E-state index contributed by atoms with van der Waals surface area (Å²) < 4.78 is 5.33. The Morgan fingerprint density at radius 3 is 2.93 bits per heavy atom. The molecule has 0 aliphatic carbocycles. The van der Waals surface area contributed by atoms with Crippen LogP contribution in [-0.2, 0) is 4.74 Å². The molecule has 1 saturated heterocycles. The number of terminal acetylenes is 1. The van der Waals surface area contributed by atoms with Crippen molar-refractivity contribution in [3.05, 3.63) is 40.8 Å². The van der Waals surface area contributed by atoms with E-state index < -0.39 is 0 Å². The highest BCUT2D eigenvalue weighted by Gasteiger charge is 2.16. The average molecular weight is 407 g/mol. The number of morpholine rings is 1. The number of anilines is 1. The predicted octanol–water partition coefficient (Wildman–Crippen LogP) is 1.98. The van der Waals surface area contributed by atoms with Gasteiger partial charge in [0.15, 0.2) is 5.82 Å². The van der Waals surface area contributed by atoms with Crippen LogP contribution < -0.4 is 11.1 Å². The van der Waals surface area contributed by atoms with Crippen LogP contribution in [0, 0.1) is 12.3 Å². The number of rotatable bonds is 5. The third kappa shape index (κ3) is 4.38. The van der Waals surface area contributed by atoms with Crippen molar-refractivity contribution in [3.63, 3.8) is 0 Å².